The Morgan fingerprint density at radius 1 is 1.19 bits per heavy atom. The second kappa shape index (κ2) is 9.53. The number of anilines is 1. The number of amides is 1. The van der Waals surface area contributed by atoms with E-state index in [1.165, 1.54) is 24.3 Å². The molecule has 1 amide bonds. The molecular weight excluding hydrogens is 492 g/mol. The number of carbonyl (C=O) groups is 3. The van der Waals surface area contributed by atoms with Gasteiger partial charge in [0.1, 0.15) is 17.3 Å². The molecule has 6 nitrogen and oxygen atoms in total. The van der Waals surface area contributed by atoms with Crippen molar-refractivity contribution in [3.05, 3.63) is 52.9 Å². The lowest BCUT2D eigenvalue weighted by Gasteiger charge is -2.43. The fourth-order valence-corrected chi connectivity index (χ4v) is 5.20. The summed E-state index contributed by atoms with van der Waals surface area (Å²) >= 11 is 0. The molecule has 5 atom stereocenters. The standard InChI is InChI=1S/C27H26F4N2O4/c1-4-15(25(36)33-17-5-6-21(28)16(7-17)10-32)8-19(22-13(2)14(22)3)24(35)23(34)18-9-20(18)26(11-37-12-26)27(29,30)31/h4-8,13-14,18,20,22H,9,11-12H2,1-3H3,(H,33,36)/b15-4+,19-8+/t13-,14?,18?,20?,22?/m1/s1. The first kappa shape index (κ1) is 26.7. The van der Waals surface area contributed by atoms with Gasteiger partial charge in [0, 0.05) is 22.8 Å². The van der Waals surface area contributed by atoms with Crippen LogP contribution in [0.3, 0.4) is 0 Å². The number of rotatable bonds is 8. The molecule has 1 N–H and O–H groups in total. The van der Waals surface area contributed by atoms with E-state index in [2.05, 4.69) is 5.32 Å². The van der Waals surface area contributed by atoms with Crippen molar-refractivity contribution in [1.82, 2.24) is 0 Å². The van der Waals surface area contributed by atoms with Crippen LogP contribution in [0.2, 0.25) is 0 Å². The maximum Gasteiger partial charge on any atom is 0.399 e. The average Bonchev–Trinajstić information content (AvgIpc) is 3.71. The maximum atomic E-state index is 13.7. The number of alkyl halides is 3. The lowest BCUT2D eigenvalue weighted by molar-refractivity contribution is -0.312. The summed E-state index contributed by atoms with van der Waals surface area (Å²) in [5.41, 5.74) is -2.04. The van der Waals surface area contributed by atoms with Gasteiger partial charge in [0.25, 0.3) is 5.91 Å². The number of hydrogen-bond acceptors (Lipinski definition) is 5. The third kappa shape index (κ3) is 4.73. The molecule has 1 aliphatic heterocycles. The van der Waals surface area contributed by atoms with E-state index in [9.17, 15) is 31.9 Å². The second-order valence-corrected chi connectivity index (χ2v) is 10.1. The first-order valence-electron chi connectivity index (χ1n) is 12.0. The van der Waals surface area contributed by atoms with E-state index in [4.69, 9.17) is 10.00 Å². The van der Waals surface area contributed by atoms with Crippen molar-refractivity contribution in [3.8, 4) is 6.07 Å². The number of nitriles is 1. The van der Waals surface area contributed by atoms with E-state index in [0.29, 0.717) is 0 Å². The molecule has 2 saturated carbocycles. The third-order valence-electron chi connectivity index (χ3n) is 8.02. The van der Waals surface area contributed by atoms with Crippen LogP contribution < -0.4 is 5.32 Å². The van der Waals surface area contributed by atoms with Gasteiger partial charge in [-0.25, -0.2) is 4.39 Å². The summed E-state index contributed by atoms with van der Waals surface area (Å²) in [6.45, 7) is 4.31. The molecule has 4 unspecified atom stereocenters. The van der Waals surface area contributed by atoms with Crippen molar-refractivity contribution in [2.75, 3.05) is 18.5 Å². The van der Waals surface area contributed by atoms with Crippen LogP contribution in [-0.4, -0.2) is 36.9 Å². The highest BCUT2D eigenvalue weighted by molar-refractivity contribution is 6.45. The molecule has 1 aromatic carbocycles. The Labute approximate surface area is 211 Å². The van der Waals surface area contributed by atoms with E-state index in [0.717, 1.165) is 6.07 Å². The van der Waals surface area contributed by atoms with Gasteiger partial charge in [-0.1, -0.05) is 19.9 Å². The Kier molecular flexibility index (Phi) is 6.88. The molecule has 37 heavy (non-hydrogen) atoms. The van der Waals surface area contributed by atoms with Crippen LogP contribution in [0.25, 0.3) is 0 Å². The number of ether oxygens (including phenoxy) is 1. The van der Waals surface area contributed by atoms with Crippen molar-refractivity contribution >= 4 is 23.2 Å². The smallest absolute Gasteiger partial charge is 0.379 e. The maximum absolute atomic E-state index is 13.7. The highest BCUT2D eigenvalue weighted by Gasteiger charge is 2.71. The molecule has 196 valence electrons. The lowest BCUT2D eigenvalue weighted by atomic mass is 9.78. The fraction of sp³-hybridized carbons (Fsp3) is 0.481. The number of Topliss-reactive ketones (excluding diaryl/α,β-unsaturated/α-hetero) is 2. The van der Waals surface area contributed by atoms with Gasteiger partial charge in [-0.05, 0) is 61.3 Å². The molecule has 0 spiro atoms. The zero-order valence-electron chi connectivity index (χ0n) is 20.5. The first-order chi connectivity index (χ1) is 17.4. The van der Waals surface area contributed by atoms with Crippen molar-refractivity contribution < 1.29 is 36.7 Å². The fourth-order valence-electron chi connectivity index (χ4n) is 5.20. The van der Waals surface area contributed by atoms with E-state index < -0.39 is 59.9 Å². The molecule has 3 aliphatic rings. The van der Waals surface area contributed by atoms with Crippen LogP contribution in [0.1, 0.15) is 32.8 Å². The summed E-state index contributed by atoms with van der Waals surface area (Å²) in [7, 11) is 0. The number of allylic oxidation sites excluding steroid dienone is 2. The number of halogens is 4. The molecule has 1 heterocycles. The molecule has 1 saturated heterocycles. The van der Waals surface area contributed by atoms with Gasteiger partial charge in [0.15, 0.2) is 0 Å². The van der Waals surface area contributed by atoms with Gasteiger partial charge < -0.3 is 10.1 Å². The second-order valence-electron chi connectivity index (χ2n) is 10.1. The van der Waals surface area contributed by atoms with Gasteiger partial charge in [-0.15, -0.1) is 0 Å². The van der Waals surface area contributed by atoms with E-state index >= 15 is 0 Å². The summed E-state index contributed by atoms with van der Waals surface area (Å²) in [6, 6.07) is 5.16. The number of carbonyl (C=O) groups excluding carboxylic acids is 3. The minimum atomic E-state index is -4.53. The van der Waals surface area contributed by atoms with Crippen molar-refractivity contribution in [2.45, 2.75) is 33.4 Å². The molecule has 2 aliphatic carbocycles. The quantitative estimate of drug-likeness (QED) is 0.232. The summed E-state index contributed by atoms with van der Waals surface area (Å²) < 4.78 is 59.4. The van der Waals surface area contributed by atoms with Crippen LogP contribution >= 0.6 is 0 Å². The number of nitrogens with zero attached hydrogens (tertiary/aromatic N) is 1. The molecule has 0 aromatic heterocycles. The molecule has 4 rings (SSSR count). The Bertz CT molecular complexity index is 1250. The number of benzene rings is 1. The van der Waals surface area contributed by atoms with E-state index in [-0.39, 0.29) is 46.6 Å². The molecule has 3 fully saturated rings. The summed E-state index contributed by atoms with van der Waals surface area (Å²) in [5, 5.41) is 11.5. The van der Waals surface area contributed by atoms with Gasteiger partial charge in [0.05, 0.1) is 18.8 Å². The largest absolute Gasteiger partial charge is 0.399 e. The average molecular weight is 519 g/mol. The van der Waals surface area contributed by atoms with Crippen molar-refractivity contribution in [2.24, 2.45) is 35.0 Å². The molecule has 0 bridgehead atoms. The van der Waals surface area contributed by atoms with Crippen LogP contribution in [0.5, 0.6) is 0 Å². The van der Waals surface area contributed by atoms with Gasteiger partial charge in [-0.2, -0.15) is 18.4 Å². The van der Waals surface area contributed by atoms with Gasteiger partial charge in [-0.3, -0.25) is 14.4 Å². The molecule has 1 aromatic rings. The Morgan fingerprint density at radius 3 is 2.32 bits per heavy atom. The van der Waals surface area contributed by atoms with E-state index in [1.54, 1.807) is 13.0 Å². The zero-order chi connectivity index (χ0) is 27.3. The summed E-state index contributed by atoms with van der Waals surface area (Å²) in [4.78, 5) is 39.3. The topological polar surface area (TPSA) is 96.3 Å². The zero-order valence-corrected chi connectivity index (χ0v) is 20.5. The molecule has 0 radical (unpaired) electrons. The normalized spacial score (nSPS) is 28.5. The number of nitrogens with one attached hydrogen (secondary N) is 1. The highest BCUT2D eigenvalue weighted by atomic mass is 19.4. The summed E-state index contributed by atoms with van der Waals surface area (Å²) in [6.07, 6.45) is -1.81. The SMILES string of the molecule is C/C=C(\C=C(\C(=O)C(=O)C1CC1C1(C(F)(F)F)COC1)C1C(C)[C@H]1C)C(=O)Nc1ccc(F)c(C#N)c1. The van der Waals surface area contributed by atoms with Crippen LogP contribution in [0.4, 0.5) is 23.2 Å². The predicted octanol–water partition coefficient (Wildman–Crippen LogP) is 4.76. The van der Waals surface area contributed by atoms with E-state index in [1.807, 2.05) is 13.8 Å². The van der Waals surface area contributed by atoms with Gasteiger partial charge in [0.2, 0.25) is 11.6 Å². The molecular formula is C27H26F4N2O4. The Morgan fingerprint density at radius 2 is 1.84 bits per heavy atom. The first-order valence-corrected chi connectivity index (χ1v) is 12.0. The predicted molar refractivity (Wildman–Crippen MR) is 124 cm³/mol. The monoisotopic (exact) mass is 518 g/mol. The van der Waals surface area contributed by atoms with Gasteiger partial charge >= 0.3 is 6.18 Å². The van der Waals surface area contributed by atoms with Crippen molar-refractivity contribution in [1.29, 1.82) is 5.26 Å². The lowest BCUT2D eigenvalue weighted by Crippen LogP contribution is -2.55. The van der Waals surface area contributed by atoms with Crippen LogP contribution in [0, 0.1) is 52.2 Å². The minimum Gasteiger partial charge on any atom is -0.379 e. The molecule has 10 heteroatoms. The Hall–Kier alpha value is -3.32. The minimum absolute atomic E-state index is 0.0285. The summed E-state index contributed by atoms with van der Waals surface area (Å²) in [5.74, 6) is -5.36. The Balaban J connectivity index is 1.55. The number of hydrogen-bond donors (Lipinski definition) is 1. The van der Waals surface area contributed by atoms with Crippen molar-refractivity contribution in [3.63, 3.8) is 0 Å². The van der Waals surface area contributed by atoms with Crippen LogP contribution in [0.15, 0.2) is 41.5 Å². The number of ketones is 2. The highest BCUT2D eigenvalue weighted by Crippen LogP contribution is 2.62. The third-order valence-corrected chi connectivity index (χ3v) is 8.02. The van der Waals surface area contributed by atoms with Crippen LogP contribution in [-0.2, 0) is 19.1 Å².